The standard InChI is InChI=1S/C14H11BrFNO3/c1-9-6-12(4-2-10(9)8-15)20-14-5-3-11(16)7-13(14)17(18)19/h2-7H,8H2,1H3. The van der Waals surface area contributed by atoms with Crippen LogP contribution in [0.4, 0.5) is 10.1 Å². The molecule has 0 heterocycles. The van der Waals surface area contributed by atoms with E-state index in [-0.39, 0.29) is 5.75 Å². The number of hydrogen-bond donors (Lipinski definition) is 0. The quantitative estimate of drug-likeness (QED) is 0.459. The van der Waals surface area contributed by atoms with Crippen molar-refractivity contribution in [2.24, 2.45) is 0 Å². The maximum Gasteiger partial charge on any atom is 0.314 e. The van der Waals surface area contributed by atoms with Gasteiger partial charge in [0, 0.05) is 5.33 Å². The minimum Gasteiger partial charge on any atom is -0.450 e. The van der Waals surface area contributed by atoms with E-state index in [0.29, 0.717) is 5.75 Å². The maximum atomic E-state index is 13.0. The highest BCUT2D eigenvalue weighted by molar-refractivity contribution is 9.08. The first kappa shape index (κ1) is 14.5. The number of hydrogen-bond acceptors (Lipinski definition) is 3. The number of nitro benzene ring substituents is 1. The SMILES string of the molecule is Cc1cc(Oc2ccc(F)cc2[N+](=O)[O-])ccc1CBr. The molecule has 0 aliphatic carbocycles. The van der Waals surface area contributed by atoms with Gasteiger partial charge in [-0.2, -0.15) is 0 Å². The lowest BCUT2D eigenvalue weighted by atomic mass is 10.1. The first-order valence-corrected chi connectivity index (χ1v) is 6.90. The van der Waals surface area contributed by atoms with Crippen LogP contribution in [0.25, 0.3) is 0 Å². The monoisotopic (exact) mass is 339 g/mol. The first-order chi connectivity index (χ1) is 9.51. The van der Waals surface area contributed by atoms with Crippen LogP contribution in [0.2, 0.25) is 0 Å². The van der Waals surface area contributed by atoms with Gasteiger partial charge in [0.15, 0.2) is 0 Å². The van der Waals surface area contributed by atoms with Gasteiger partial charge in [-0.3, -0.25) is 10.1 Å². The Balaban J connectivity index is 2.35. The second-order valence-corrected chi connectivity index (χ2v) is 4.75. The van der Waals surface area contributed by atoms with Gasteiger partial charge in [-0.25, -0.2) is 4.39 Å². The van der Waals surface area contributed by atoms with E-state index in [1.54, 1.807) is 12.1 Å². The summed E-state index contributed by atoms with van der Waals surface area (Å²) >= 11 is 3.37. The Bertz CT molecular complexity index is 661. The highest BCUT2D eigenvalue weighted by Crippen LogP contribution is 2.32. The van der Waals surface area contributed by atoms with Gasteiger partial charge in [-0.1, -0.05) is 22.0 Å². The van der Waals surface area contributed by atoms with Crippen molar-refractivity contribution in [3.8, 4) is 11.5 Å². The summed E-state index contributed by atoms with van der Waals surface area (Å²) in [6.45, 7) is 1.92. The third kappa shape index (κ3) is 3.14. The van der Waals surface area contributed by atoms with Gasteiger partial charge in [0.2, 0.25) is 5.75 Å². The first-order valence-electron chi connectivity index (χ1n) is 5.78. The highest BCUT2D eigenvalue weighted by Gasteiger charge is 2.17. The summed E-state index contributed by atoms with van der Waals surface area (Å²) in [7, 11) is 0. The second kappa shape index (κ2) is 6.00. The molecule has 6 heteroatoms. The summed E-state index contributed by atoms with van der Waals surface area (Å²) in [4.78, 5) is 10.2. The number of rotatable bonds is 4. The fourth-order valence-electron chi connectivity index (χ4n) is 1.73. The predicted molar refractivity (Wildman–Crippen MR) is 76.9 cm³/mol. The molecule has 0 saturated heterocycles. The molecule has 0 aliphatic heterocycles. The zero-order valence-electron chi connectivity index (χ0n) is 10.6. The van der Waals surface area contributed by atoms with Crippen molar-refractivity contribution in [3.63, 3.8) is 0 Å². The molecule has 0 amide bonds. The van der Waals surface area contributed by atoms with Crippen LogP contribution < -0.4 is 4.74 Å². The topological polar surface area (TPSA) is 52.4 Å². The largest absolute Gasteiger partial charge is 0.450 e. The average molecular weight is 340 g/mol. The molecule has 0 fully saturated rings. The van der Waals surface area contributed by atoms with E-state index >= 15 is 0 Å². The van der Waals surface area contributed by atoms with E-state index in [1.807, 2.05) is 13.0 Å². The summed E-state index contributed by atoms with van der Waals surface area (Å²) in [5.41, 5.74) is 1.71. The molecule has 20 heavy (non-hydrogen) atoms. The molecule has 0 atom stereocenters. The predicted octanol–water partition coefficient (Wildman–Crippen LogP) is 4.73. The molecule has 2 rings (SSSR count). The minimum absolute atomic E-state index is 0.0161. The zero-order valence-corrected chi connectivity index (χ0v) is 12.2. The molecule has 0 bridgehead atoms. The Hall–Kier alpha value is -1.95. The van der Waals surface area contributed by atoms with Crippen molar-refractivity contribution < 1.29 is 14.1 Å². The summed E-state index contributed by atoms with van der Waals surface area (Å²) < 4.78 is 18.5. The van der Waals surface area contributed by atoms with Crippen molar-refractivity contribution >= 4 is 21.6 Å². The van der Waals surface area contributed by atoms with Gasteiger partial charge in [0.25, 0.3) is 0 Å². The van der Waals surface area contributed by atoms with Gasteiger partial charge in [0.05, 0.1) is 11.0 Å². The van der Waals surface area contributed by atoms with Crippen molar-refractivity contribution in [2.45, 2.75) is 12.3 Å². The number of alkyl halides is 1. The second-order valence-electron chi connectivity index (χ2n) is 4.19. The highest BCUT2D eigenvalue weighted by atomic mass is 79.9. The lowest BCUT2D eigenvalue weighted by molar-refractivity contribution is -0.385. The van der Waals surface area contributed by atoms with Crippen molar-refractivity contribution in [1.82, 2.24) is 0 Å². The molecule has 0 saturated carbocycles. The van der Waals surface area contributed by atoms with Crippen molar-refractivity contribution in [1.29, 1.82) is 0 Å². The van der Waals surface area contributed by atoms with Crippen molar-refractivity contribution in [2.75, 3.05) is 0 Å². The third-order valence-electron chi connectivity index (χ3n) is 2.80. The van der Waals surface area contributed by atoms with Crippen LogP contribution >= 0.6 is 15.9 Å². The van der Waals surface area contributed by atoms with E-state index < -0.39 is 16.4 Å². The number of aryl methyl sites for hydroxylation is 1. The van der Waals surface area contributed by atoms with Crippen molar-refractivity contribution in [3.05, 3.63) is 63.5 Å². The minimum atomic E-state index is -0.671. The molecule has 0 aliphatic rings. The van der Waals surface area contributed by atoms with Gasteiger partial charge in [0.1, 0.15) is 11.6 Å². The van der Waals surface area contributed by atoms with Crippen LogP contribution in [0.3, 0.4) is 0 Å². The van der Waals surface area contributed by atoms with Crippen LogP contribution in [0.5, 0.6) is 11.5 Å². The lowest BCUT2D eigenvalue weighted by Gasteiger charge is -2.09. The maximum absolute atomic E-state index is 13.0. The van der Waals surface area contributed by atoms with Gasteiger partial charge in [-0.05, 0) is 42.3 Å². The molecule has 0 aromatic heterocycles. The molecule has 0 radical (unpaired) electrons. The Labute approximate surface area is 123 Å². The summed E-state index contributed by atoms with van der Waals surface area (Å²) in [5.74, 6) is -0.181. The summed E-state index contributed by atoms with van der Waals surface area (Å²) in [6.07, 6.45) is 0. The molecular weight excluding hydrogens is 329 g/mol. The fourth-order valence-corrected chi connectivity index (χ4v) is 2.36. The Kier molecular flexibility index (Phi) is 4.34. The van der Waals surface area contributed by atoms with Crippen LogP contribution in [0.1, 0.15) is 11.1 Å². The van der Waals surface area contributed by atoms with Crippen LogP contribution in [0.15, 0.2) is 36.4 Å². The molecule has 2 aromatic rings. The number of halogens is 2. The Morgan fingerprint density at radius 1 is 1.30 bits per heavy atom. The van der Waals surface area contributed by atoms with Crippen LogP contribution in [-0.4, -0.2) is 4.92 Å². The molecule has 0 spiro atoms. The van der Waals surface area contributed by atoms with E-state index in [1.165, 1.54) is 6.07 Å². The molecule has 0 unspecified atom stereocenters. The summed E-state index contributed by atoms with van der Waals surface area (Å²) in [5, 5.41) is 11.6. The molecule has 4 nitrogen and oxygen atoms in total. The Morgan fingerprint density at radius 2 is 2.05 bits per heavy atom. The van der Waals surface area contributed by atoms with E-state index in [2.05, 4.69) is 15.9 Å². The van der Waals surface area contributed by atoms with Crippen LogP contribution in [0, 0.1) is 22.9 Å². The molecular formula is C14H11BrFNO3. The average Bonchev–Trinajstić information content (AvgIpc) is 2.41. The molecule has 104 valence electrons. The fraction of sp³-hybridized carbons (Fsp3) is 0.143. The summed E-state index contributed by atoms with van der Waals surface area (Å²) in [6, 6.07) is 8.59. The van der Waals surface area contributed by atoms with Gasteiger partial charge in [-0.15, -0.1) is 0 Å². The van der Waals surface area contributed by atoms with E-state index in [9.17, 15) is 14.5 Å². The van der Waals surface area contributed by atoms with E-state index in [0.717, 1.165) is 28.6 Å². The number of benzene rings is 2. The lowest BCUT2D eigenvalue weighted by Crippen LogP contribution is -1.95. The zero-order chi connectivity index (χ0) is 14.7. The number of ether oxygens (including phenoxy) is 1. The van der Waals surface area contributed by atoms with E-state index in [4.69, 9.17) is 4.74 Å². The normalized spacial score (nSPS) is 10.3. The Morgan fingerprint density at radius 3 is 2.65 bits per heavy atom. The van der Waals surface area contributed by atoms with Gasteiger partial charge >= 0.3 is 5.69 Å². The van der Waals surface area contributed by atoms with Crippen LogP contribution in [-0.2, 0) is 5.33 Å². The van der Waals surface area contributed by atoms with Gasteiger partial charge < -0.3 is 4.74 Å². The number of nitrogens with zero attached hydrogens (tertiary/aromatic N) is 1. The smallest absolute Gasteiger partial charge is 0.314 e. The third-order valence-corrected chi connectivity index (χ3v) is 3.41. The molecule has 0 N–H and O–H groups in total. The number of nitro groups is 1. The molecule has 2 aromatic carbocycles.